The van der Waals surface area contributed by atoms with Gasteiger partial charge in [0.05, 0.1) is 6.20 Å². The van der Waals surface area contributed by atoms with Crippen LogP contribution in [0.5, 0.6) is 0 Å². The van der Waals surface area contributed by atoms with Crippen molar-refractivity contribution < 1.29 is 9.83 Å². The minimum Gasteiger partial charge on any atom is -0.298 e. The Labute approximate surface area is 78.7 Å². The highest BCUT2D eigenvalue weighted by Crippen LogP contribution is 2.19. The molecule has 0 bridgehead atoms. The van der Waals surface area contributed by atoms with Crippen LogP contribution >= 0.6 is 0 Å². The Morgan fingerprint density at radius 2 is 2.07 bits per heavy atom. The Morgan fingerprint density at radius 1 is 1.36 bits per heavy atom. The number of benzene rings is 1. The van der Waals surface area contributed by atoms with Crippen molar-refractivity contribution >= 4 is 17.2 Å². The lowest BCUT2D eigenvalue weighted by Gasteiger charge is -1.91. The summed E-state index contributed by atoms with van der Waals surface area (Å²) < 4.78 is 0.846. The van der Waals surface area contributed by atoms with Crippen molar-refractivity contribution in [3.05, 3.63) is 46.1 Å². The normalized spacial score (nSPS) is 10.3. The van der Waals surface area contributed by atoms with Gasteiger partial charge in [-0.2, -0.15) is 0 Å². The van der Waals surface area contributed by atoms with Gasteiger partial charge in [0, 0.05) is 10.9 Å². The van der Waals surface area contributed by atoms with Gasteiger partial charge in [-0.1, -0.05) is 22.9 Å². The maximum absolute atomic E-state index is 10.6. The number of aromatic nitrogens is 1. The molecule has 0 N–H and O–H groups in total. The summed E-state index contributed by atoms with van der Waals surface area (Å²) >= 11 is 0. The summed E-state index contributed by atoms with van der Waals surface area (Å²) in [6.45, 7) is 0. The first-order valence-corrected chi connectivity index (χ1v) is 3.94. The number of nitrogens with zero attached hydrogens (tertiary/aromatic N) is 2. The molecule has 0 aliphatic heterocycles. The van der Waals surface area contributed by atoms with E-state index < -0.39 is 5.03 Å². The zero-order valence-electron chi connectivity index (χ0n) is 7.08. The van der Waals surface area contributed by atoms with E-state index in [1.807, 2.05) is 0 Å². The van der Waals surface area contributed by atoms with Gasteiger partial charge in [-0.25, -0.2) is 10.1 Å². The average Bonchev–Trinajstić information content (AvgIpc) is 2.56. The van der Waals surface area contributed by atoms with Crippen molar-refractivity contribution in [1.82, 2.24) is 4.68 Å². The van der Waals surface area contributed by atoms with E-state index in [2.05, 4.69) is 0 Å². The molecule has 0 spiro atoms. The molecule has 1 heterocycles. The van der Waals surface area contributed by atoms with E-state index >= 15 is 0 Å². The smallest absolute Gasteiger partial charge is 0.169 e. The summed E-state index contributed by atoms with van der Waals surface area (Å²) in [4.78, 5) is 21.2. The van der Waals surface area contributed by atoms with Gasteiger partial charge in [0.25, 0.3) is 0 Å². The van der Waals surface area contributed by atoms with Gasteiger partial charge in [0.1, 0.15) is 5.52 Å². The quantitative estimate of drug-likeness (QED) is 0.409. The minimum atomic E-state index is -0.560. The molecule has 0 radical (unpaired) electrons. The second-order valence-electron chi connectivity index (χ2n) is 2.80. The summed E-state index contributed by atoms with van der Waals surface area (Å²) in [5.41, 5.74) is 0.761. The number of para-hydroxylation sites is 1. The molecule has 70 valence electrons. The van der Waals surface area contributed by atoms with E-state index in [9.17, 15) is 14.9 Å². The summed E-state index contributed by atoms with van der Waals surface area (Å²) in [5.74, 6) is 0. The predicted octanol–water partition coefficient (Wildman–Crippen LogP) is 1.49. The minimum absolute atomic E-state index is 0.331. The van der Waals surface area contributed by atoms with Crippen LogP contribution < -0.4 is 0 Å². The number of carbonyl (C=O) groups excluding carboxylic acids is 1. The Hall–Kier alpha value is -2.17. The molecule has 0 aliphatic rings. The molecule has 0 saturated heterocycles. The first kappa shape index (κ1) is 8.43. The molecular formula is C9H6N2O3. The van der Waals surface area contributed by atoms with E-state index in [1.54, 1.807) is 24.3 Å². The maximum atomic E-state index is 10.6. The number of fused-ring (bicyclic) bond motifs is 1. The average molecular weight is 190 g/mol. The number of aldehydes is 1. The number of nitro groups is 1. The summed E-state index contributed by atoms with van der Waals surface area (Å²) in [5, 5.41) is 10.6. The predicted molar refractivity (Wildman–Crippen MR) is 49.7 cm³/mol. The van der Waals surface area contributed by atoms with Crippen molar-refractivity contribution in [2.24, 2.45) is 0 Å². The first-order valence-electron chi connectivity index (χ1n) is 3.94. The topological polar surface area (TPSA) is 65.1 Å². The first-order chi connectivity index (χ1) is 6.74. The molecule has 2 rings (SSSR count). The van der Waals surface area contributed by atoms with Gasteiger partial charge >= 0.3 is 0 Å². The Morgan fingerprint density at radius 3 is 2.71 bits per heavy atom. The SMILES string of the molecule is O=Cc1cn([N+](=O)[O-])c2ccccc12. The van der Waals surface area contributed by atoms with Crippen molar-refractivity contribution in [2.45, 2.75) is 0 Å². The van der Waals surface area contributed by atoms with Gasteiger partial charge in [-0.05, 0) is 6.07 Å². The van der Waals surface area contributed by atoms with Crippen molar-refractivity contribution in [2.75, 3.05) is 0 Å². The number of rotatable bonds is 2. The van der Waals surface area contributed by atoms with Crippen LogP contribution in [0.25, 0.3) is 10.9 Å². The van der Waals surface area contributed by atoms with Crippen LogP contribution in [0.1, 0.15) is 10.4 Å². The molecule has 5 nitrogen and oxygen atoms in total. The zero-order chi connectivity index (χ0) is 10.1. The number of hydrogen-bond acceptors (Lipinski definition) is 3. The molecular weight excluding hydrogens is 184 g/mol. The van der Waals surface area contributed by atoms with Crippen LogP contribution in [0.2, 0.25) is 0 Å². The second-order valence-corrected chi connectivity index (χ2v) is 2.80. The van der Waals surface area contributed by atoms with Crippen molar-refractivity contribution in [3.8, 4) is 0 Å². The largest absolute Gasteiger partial charge is 0.298 e. The third kappa shape index (κ3) is 1.06. The number of hydrogen-bond donors (Lipinski definition) is 0. The van der Waals surface area contributed by atoms with E-state index in [0.29, 0.717) is 22.8 Å². The van der Waals surface area contributed by atoms with Crippen LogP contribution in [0.3, 0.4) is 0 Å². The fourth-order valence-electron chi connectivity index (χ4n) is 1.42. The fourth-order valence-corrected chi connectivity index (χ4v) is 1.42. The second kappa shape index (κ2) is 2.95. The van der Waals surface area contributed by atoms with Crippen LogP contribution in [0.15, 0.2) is 30.5 Å². The fraction of sp³-hybridized carbons (Fsp3) is 0. The lowest BCUT2D eigenvalue weighted by Crippen LogP contribution is -2.05. The van der Waals surface area contributed by atoms with Crippen LogP contribution in [-0.2, 0) is 0 Å². The molecule has 0 unspecified atom stereocenters. The summed E-state index contributed by atoms with van der Waals surface area (Å²) in [7, 11) is 0. The van der Waals surface area contributed by atoms with E-state index in [1.165, 1.54) is 6.20 Å². The molecule has 0 fully saturated rings. The molecule has 5 heteroatoms. The molecule has 14 heavy (non-hydrogen) atoms. The van der Waals surface area contributed by atoms with Crippen LogP contribution in [-0.4, -0.2) is 16.0 Å². The molecule has 2 aromatic rings. The molecule has 1 aromatic carbocycles. The van der Waals surface area contributed by atoms with Gasteiger partial charge < -0.3 is 0 Å². The zero-order valence-corrected chi connectivity index (χ0v) is 7.08. The Balaban J connectivity index is 2.86. The van der Waals surface area contributed by atoms with Crippen molar-refractivity contribution in [1.29, 1.82) is 0 Å². The van der Waals surface area contributed by atoms with E-state index in [-0.39, 0.29) is 0 Å². The van der Waals surface area contributed by atoms with Crippen LogP contribution in [0, 0.1) is 10.1 Å². The van der Waals surface area contributed by atoms with Gasteiger partial charge in [-0.15, -0.1) is 0 Å². The molecule has 0 aliphatic carbocycles. The summed E-state index contributed by atoms with van der Waals surface area (Å²) in [6, 6.07) is 6.71. The van der Waals surface area contributed by atoms with Gasteiger partial charge in [0.2, 0.25) is 0 Å². The van der Waals surface area contributed by atoms with Crippen LogP contribution in [0.4, 0.5) is 0 Å². The Bertz CT molecular complexity index is 516. The van der Waals surface area contributed by atoms with Crippen molar-refractivity contribution in [3.63, 3.8) is 0 Å². The standard InChI is InChI=1S/C9H6N2O3/c12-6-7-5-10(11(13)14)9-4-2-1-3-8(7)9/h1-6H. The highest BCUT2D eigenvalue weighted by atomic mass is 16.7. The lowest BCUT2D eigenvalue weighted by atomic mass is 10.2. The lowest BCUT2D eigenvalue weighted by molar-refractivity contribution is -0.537. The summed E-state index contributed by atoms with van der Waals surface area (Å²) in [6.07, 6.45) is 1.83. The van der Waals surface area contributed by atoms with E-state index in [4.69, 9.17) is 0 Å². The Kier molecular flexibility index (Phi) is 1.78. The third-order valence-electron chi connectivity index (χ3n) is 2.03. The monoisotopic (exact) mass is 190 g/mol. The highest BCUT2D eigenvalue weighted by molar-refractivity contribution is 5.97. The van der Waals surface area contributed by atoms with E-state index in [0.717, 1.165) is 4.68 Å². The third-order valence-corrected chi connectivity index (χ3v) is 2.03. The molecule has 0 atom stereocenters. The molecule has 1 aromatic heterocycles. The number of carbonyl (C=O) groups is 1. The highest BCUT2D eigenvalue weighted by Gasteiger charge is 2.12. The maximum Gasteiger partial charge on any atom is 0.169 e. The van der Waals surface area contributed by atoms with Gasteiger partial charge in [-0.3, -0.25) is 4.79 Å². The molecule has 0 saturated carbocycles. The molecule has 0 amide bonds. The van der Waals surface area contributed by atoms with Gasteiger partial charge in [0.15, 0.2) is 11.3 Å².